The number of carbonyl (C=O) groups excluding carboxylic acids is 1. The molecule has 2 aromatic rings. The van der Waals surface area contributed by atoms with Crippen molar-refractivity contribution in [3.8, 4) is 11.5 Å². The molecule has 5 nitrogen and oxygen atoms in total. The number of rotatable bonds is 3. The van der Waals surface area contributed by atoms with Crippen LogP contribution in [-0.4, -0.2) is 30.2 Å². The first-order valence-corrected chi connectivity index (χ1v) is 8.22. The van der Waals surface area contributed by atoms with Gasteiger partial charge in [-0.3, -0.25) is 9.69 Å². The third-order valence-corrected chi connectivity index (χ3v) is 4.73. The number of ether oxygens (including phenoxy) is 2. The van der Waals surface area contributed by atoms with E-state index in [1.807, 2.05) is 19.1 Å². The third-order valence-electron chi connectivity index (χ3n) is 4.73. The van der Waals surface area contributed by atoms with Gasteiger partial charge >= 0.3 is 0 Å². The monoisotopic (exact) mass is 324 g/mol. The first-order chi connectivity index (χ1) is 11.7. The number of hydrogen-bond donors (Lipinski definition) is 1. The van der Waals surface area contributed by atoms with E-state index in [9.17, 15) is 4.79 Å². The van der Waals surface area contributed by atoms with Crippen LogP contribution in [0.2, 0.25) is 0 Å². The molecule has 0 aromatic heterocycles. The predicted octanol–water partition coefficient (Wildman–Crippen LogP) is 2.80. The van der Waals surface area contributed by atoms with Crippen LogP contribution >= 0.6 is 0 Å². The number of anilines is 1. The van der Waals surface area contributed by atoms with Crippen molar-refractivity contribution in [2.45, 2.75) is 25.9 Å². The predicted molar refractivity (Wildman–Crippen MR) is 91.2 cm³/mol. The summed E-state index contributed by atoms with van der Waals surface area (Å²) < 4.78 is 10.6. The van der Waals surface area contributed by atoms with Gasteiger partial charge in [0.05, 0.1) is 6.04 Å². The summed E-state index contributed by atoms with van der Waals surface area (Å²) in [6.45, 7) is 3.89. The van der Waals surface area contributed by atoms with Gasteiger partial charge in [-0.25, -0.2) is 0 Å². The molecule has 0 unspecified atom stereocenters. The lowest BCUT2D eigenvalue weighted by atomic mass is 9.99. The highest BCUT2D eigenvalue weighted by molar-refractivity contribution is 5.94. The van der Waals surface area contributed by atoms with Crippen molar-refractivity contribution in [2.24, 2.45) is 0 Å². The molecular formula is C19H20N2O3. The molecule has 0 radical (unpaired) electrons. The Labute approximate surface area is 141 Å². The van der Waals surface area contributed by atoms with Gasteiger partial charge in [-0.1, -0.05) is 24.3 Å². The molecule has 0 aliphatic carbocycles. The third kappa shape index (κ3) is 2.83. The lowest BCUT2D eigenvalue weighted by molar-refractivity contribution is -0.121. The Kier molecular flexibility index (Phi) is 3.86. The maximum atomic E-state index is 12.6. The van der Waals surface area contributed by atoms with Crippen molar-refractivity contribution in [2.75, 3.05) is 18.7 Å². The fraction of sp³-hybridized carbons (Fsp3) is 0.316. The second-order valence-electron chi connectivity index (χ2n) is 6.22. The van der Waals surface area contributed by atoms with Gasteiger partial charge in [0.1, 0.15) is 0 Å². The Balaban J connectivity index is 1.43. The van der Waals surface area contributed by atoms with Gasteiger partial charge in [0.25, 0.3) is 0 Å². The summed E-state index contributed by atoms with van der Waals surface area (Å²) in [6, 6.07) is 13.7. The van der Waals surface area contributed by atoms with Crippen LogP contribution in [0, 0.1) is 0 Å². The lowest BCUT2D eigenvalue weighted by Crippen LogP contribution is -2.44. The zero-order valence-corrected chi connectivity index (χ0v) is 13.6. The first kappa shape index (κ1) is 15.0. The Hall–Kier alpha value is -2.53. The highest BCUT2D eigenvalue weighted by atomic mass is 16.7. The second-order valence-corrected chi connectivity index (χ2v) is 6.22. The minimum atomic E-state index is -0.191. The van der Waals surface area contributed by atoms with Crippen molar-refractivity contribution in [1.29, 1.82) is 0 Å². The quantitative estimate of drug-likeness (QED) is 0.943. The van der Waals surface area contributed by atoms with Crippen LogP contribution in [0.25, 0.3) is 0 Å². The van der Waals surface area contributed by atoms with Gasteiger partial charge in [0, 0.05) is 24.8 Å². The molecule has 0 bridgehead atoms. The minimum Gasteiger partial charge on any atom is -0.454 e. The largest absolute Gasteiger partial charge is 0.454 e. The van der Waals surface area contributed by atoms with Gasteiger partial charge < -0.3 is 14.8 Å². The maximum absolute atomic E-state index is 12.6. The number of nitrogens with zero attached hydrogens (tertiary/aromatic N) is 1. The Morgan fingerprint density at radius 3 is 2.79 bits per heavy atom. The van der Waals surface area contributed by atoms with Gasteiger partial charge in [-0.15, -0.1) is 0 Å². The smallest absolute Gasteiger partial charge is 0.241 e. The van der Waals surface area contributed by atoms with Gasteiger partial charge in [-0.05, 0) is 36.6 Å². The van der Waals surface area contributed by atoms with Crippen LogP contribution in [0.4, 0.5) is 5.69 Å². The first-order valence-electron chi connectivity index (χ1n) is 8.22. The molecule has 4 rings (SSSR count). The summed E-state index contributed by atoms with van der Waals surface area (Å²) in [5.41, 5.74) is 3.43. The second kappa shape index (κ2) is 6.17. The van der Waals surface area contributed by atoms with E-state index in [0.717, 1.165) is 25.2 Å². The molecule has 24 heavy (non-hydrogen) atoms. The summed E-state index contributed by atoms with van der Waals surface area (Å²) in [7, 11) is 0. The topological polar surface area (TPSA) is 50.8 Å². The van der Waals surface area contributed by atoms with E-state index >= 15 is 0 Å². The molecule has 0 saturated heterocycles. The number of benzene rings is 2. The number of nitrogens with one attached hydrogen (secondary N) is 1. The maximum Gasteiger partial charge on any atom is 0.241 e. The van der Waals surface area contributed by atoms with E-state index in [1.54, 1.807) is 6.07 Å². The van der Waals surface area contributed by atoms with E-state index in [-0.39, 0.29) is 18.7 Å². The lowest BCUT2D eigenvalue weighted by Gasteiger charge is -2.32. The molecule has 0 spiro atoms. The van der Waals surface area contributed by atoms with Crippen LogP contribution < -0.4 is 14.8 Å². The van der Waals surface area contributed by atoms with Crippen LogP contribution in [0.5, 0.6) is 11.5 Å². The summed E-state index contributed by atoms with van der Waals surface area (Å²) in [6.07, 6.45) is 0.984. The average Bonchev–Trinajstić information content (AvgIpc) is 3.08. The fourth-order valence-electron chi connectivity index (χ4n) is 3.23. The molecule has 1 amide bonds. The van der Waals surface area contributed by atoms with Crippen molar-refractivity contribution < 1.29 is 14.3 Å². The van der Waals surface area contributed by atoms with Crippen molar-refractivity contribution in [3.63, 3.8) is 0 Å². The molecule has 0 fully saturated rings. The molecule has 5 heteroatoms. The molecule has 2 aromatic carbocycles. The van der Waals surface area contributed by atoms with Crippen LogP contribution in [0.1, 0.15) is 18.1 Å². The van der Waals surface area contributed by atoms with Crippen LogP contribution in [-0.2, 0) is 17.8 Å². The van der Waals surface area contributed by atoms with Crippen LogP contribution in [0.3, 0.4) is 0 Å². The Morgan fingerprint density at radius 2 is 1.92 bits per heavy atom. The molecule has 124 valence electrons. The van der Waals surface area contributed by atoms with Crippen LogP contribution in [0.15, 0.2) is 42.5 Å². The number of fused-ring (bicyclic) bond motifs is 2. The standard InChI is InChI=1S/C19H20N2O3/c1-13(21-9-8-14-4-2-3-5-15(14)11-21)19(22)20-16-6-7-17-18(10-16)24-12-23-17/h2-7,10,13H,8-9,11-12H2,1H3,(H,20,22)/t13-/m0/s1. The SMILES string of the molecule is C[C@@H](C(=O)Nc1ccc2c(c1)OCO2)N1CCc2ccccc2C1. The van der Waals surface area contributed by atoms with Crippen molar-refractivity contribution >= 4 is 11.6 Å². The highest BCUT2D eigenvalue weighted by Crippen LogP contribution is 2.34. The molecule has 1 atom stereocenters. The molecule has 2 aliphatic heterocycles. The minimum absolute atomic E-state index is 0.00625. The molecule has 2 heterocycles. The summed E-state index contributed by atoms with van der Waals surface area (Å²) in [5.74, 6) is 1.38. The molecular weight excluding hydrogens is 304 g/mol. The zero-order valence-electron chi connectivity index (χ0n) is 13.6. The van der Waals surface area contributed by atoms with E-state index in [2.05, 4.69) is 34.5 Å². The van der Waals surface area contributed by atoms with Gasteiger partial charge in [0.15, 0.2) is 11.5 Å². The summed E-state index contributed by atoms with van der Waals surface area (Å²) in [5, 5.41) is 2.98. The van der Waals surface area contributed by atoms with Crippen molar-refractivity contribution in [3.05, 3.63) is 53.6 Å². The summed E-state index contributed by atoms with van der Waals surface area (Å²) in [4.78, 5) is 14.8. The normalized spacial score (nSPS) is 17.2. The summed E-state index contributed by atoms with van der Waals surface area (Å²) >= 11 is 0. The number of amides is 1. The molecule has 2 aliphatic rings. The number of carbonyl (C=O) groups is 1. The molecule has 0 saturated carbocycles. The van der Waals surface area contributed by atoms with Crippen molar-refractivity contribution in [1.82, 2.24) is 4.90 Å². The molecule has 1 N–H and O–H groups in total. The van der Waals surface area contributed by atoms with E-state index in [0.29, 0.717) is 11.5 Å². The van der Waals surface area contributed by atoms with E-state index in [4.69, 9.17) is 9.47 Å². The van der Waals surface area contributed by atoms with E-state index < -0.39 is 0 Å². The van der Waals surface area contributed by atoms with Gasteiger partial charge in [-0.2, -0.15) is 0 Å². The Bertz CT molecular complexity index is 775. The Morgan fingerprint density at radius 1 is 1.12 bits per heavy atom. The highest BCUT2D eigenvalue weighted by Gasteiger charge is 2.25. The fourth-order valence-corrected chi connectivity index (χ4v) is 3.23. The average molecular weight is 324 g/mol. The zero-order chi connectivity index (χ0) is 16.5. The number of hydrogen-bond acceptors (Lipinski definition) is 4. The van der Waals surface area contributed by atoms with Gasteiger partial charge in [0.2, 0.25) is 12.7 Å². The van der Waals surface area contributed by atoms with E-state index in [1.165, 1.54) is 11.1 Å².